The fraction of sp³-hybridized carbons (Fsp3) is 0.545. The molecule has 6 nitrogen and oxygen atoms in total. The Morgan fingerprint density at radius 1 is 1.28 bits per heavy atom. The second-order valence-electron chi connectivity index (χ2n) is 3.12. The number of hydrogen-bond donors (Lipinski definition) is 1. The van der Waals surface area contributed by atoms with E-state index < -0.39 is 11.9 Å². The summed E-state index contributed by atoms with van der Waals surface area (Å²) >= 11 is 0. The van der Waals surface area contributed by atoms with Crippen molar-refractivity contribution < 1.29 is 36.9 Å². The van der Waals surface area contributed by atoms with Gasteiger partial charge in [0.05, 0.1) is 0 Å². The minimum absolute atomic E-state index is 0. The van der Waals surface area contributed by atoms with E-state index in [1.807, 2.05) is 6.20 Å². The van der Waals surface area contributed by atoms with Crippen LogP contribution in [0.15, 0.2) is 12.4 Å². The number of hydrogen-bond acceptors (Lipinski definition) is 5. The fourth-order valence-electron chi connectivity index (χ4n) is 0.779. The molecule has 0 saturated heterocycles. The van der Waals surface area contributed by atoms with Gasteiger partial charge in [0.1, 0.15) is 5.82 Å². The van der Waals surface area contributed by atoms with Gasteiger partial charge >= 0.3 is 17.1 Å². The summed E-state index contributed by atoms with van der Waals surface area (Å²) in [4.78, 5) is 24.9. The van der Waals surface area contributed by atoms with E-state index in [0.717, 1.165) is 26.1 Å². The van der Waals surface area contributed by atoms with Crippen molar-refractivity contribution in [1.29, 1.82) is 0 Å². The van der Waals surface area contributed by atoms with Gasteiger partial charge in [-0.05, 0) is 20.3 Å². The molecule has 1 aromatic heterocycles. The number of imidazole rings is 1. The van der Waals surface area contributed by atoms with Crippen LogP contribution < -0.4 is 10.2 Å². The molecule has 0 aliphatic heterocycles. The van der Waals surface area contributed by atoms with Gasteiger partial charge in [-0.1, -0.05) is 13.3 Å². The Hall–Kier alpha value is -1.33. The standard InChI is InChI=1S/C7H12N2.2C2H4O2.Fe/c1-2-3-4-7-8-5-6-9-7;2*1-2(3)4;/h5-6H,2-4H2,1H3,(H,8,9);2*1H3,(H,3,4);/q;;;+2/p-2. The molecule has 0 fully saturated rings. The van der Waals surface area contributed by atoms with Crippen LogP contribution in [0, 0.1) is 0 Å². The maximum atomic E-state index is 8.89. The number of nitrogens with zero attached hydrogens (tertiary/aromatic N) is 1. The molecular weight excluding hydrogens is 280 g/mol. The van der Waals surface area contributed by atoms with Gasteiger partial charge < -0.3 is 24.8 Å². The summed E-state index contributed by atoms with van der Waals surface area (Å²) in [5.41, 5.74) is 0. The van der Waals surface area contributed by atoms with E-state index in [9.17, 15) is 0 Å². The molecule has 0 amide bonds. The summed E-state index contributed by atoms with van der Waals surface area (Å²) in [6.45, 7) is 4.13. The van der Waals surface area contributed by atoms with Crippen molar-refractivity contribution in [2.24, 2.45) is 0 Å². The van der Waals surface area contributed by atoms with Crippen LogP contribution in [-0.4, -0.2) is 21.9 Å². The molecule has 0 spiro atoms. The number of rotatable bonds is 3. The third-order valence-corrected chi connectivity index (χ3v) is 1.32. The van der Waals surface area contributed by atoms with Gasteiger partial charge in [-0.25, -0.2) is 4.98 Å². The van der Waals surface area contributed by atoms with Crippen LogP contribution in [0.25, 0.3) is 0 Å². The molecule has 1 heterocycles. The zero-order chi connectivity index (χ0) is 13.7. The summed E-state index contributed by atoms with van der Waals surface area (Å²) in [5, 5.41) is 17.8. The molecule has 0 aromatic carbocycles. The summed E-state index contributed by atoms with van der Waals surface area (Å²) in [5.74, 6) is -1.06. The largest absolute Gasteiger partial charge is 2.00 e. The van der Waals surface area contributed by atoms with Crippen molar-refractivity contribution in [1.82, 2.24) is 9.97 Å². The number of aromatic amines is 1. The van der Waals surface area contributed by atoms with Crippen molar-refractivity contribution in [3.8, 4) is 0 Å². The quantitative estimate of drug-likeness (QED) is 0.739. The first kappa shape index (κ1) is 21.9. The third kappa shape index (κ3) is 29.3. The molecule has 0 radical (unpaired) electrons. The number of aliphatic carboxylic acids is 2. The predicted octanol–water partition coefficient (Wildman–Crippen LogP) is -0.738. The molecule has 1 rings (SSSR count). The molecule has 0 bridgehead atoms. The van der Waals surface area contributed by atoms with Crippen LogP contribution in [0.3, 0.4) is 0 Å². The number of aromatic nitrogens is 2. The summed E-state index contributed by atoms with van der Waals surface area (Å²) in [6, 6.07) is 0. The number of aryl methyl sites for hydroxylation is 1. The van der Waals surface area contributed by atoms with Crippen molar-refractivity contribution in [3.63, 3.8) is 0 Å². The minimum atomic E-state index is -1.08. The van der Waals surface area contributed by atoms with Gasteiger partial charge in [-0.2, -0.15) is 0 Å². The Morgan fingerprint density at radius 3 is 2.00 bits per heavy atom. The van der Waals surface area contributed by atoms with E-state index in [1.54, 1.807) is 6.20 Å². The summed E-state index contributed by atoms with van der Waals surface area (Å²) < 4.78 is 0. The first-order valence-electron chi connectivity index (χ1n) is 5.23. The molecule has 0 unspecified atom stereocenters. The molecule has 0 aliphatic carbocycles. The normalized spacial score (nSPS) is 7.72. The number of carboxylic acid groups (broad SMARTS) is 2. The van der Waals surface area contributed by atoms with Gasteiger partial charge in [0.15, 0.2) is 0 Å². The van der Waals surface area contributed by atoms with Gasteiger partial charge in [0.2, 0.25) is 0 Å². The average molecular weight is 298 g/mol. The molecule has 0 aliphatic rings. The van der Waals surface area contributed by atoms with Crippen LogP contribution in [0.2, 0.25) is 0 Å². The van der Waals surface area contributed by atoms with Crippen LogP contribution in [0.1, 0.15) is 39.4 Å². The van der Waals surface area contributed by atoms with E-state index in [1.165, 1.54) is 12.8 Å². The SMILES string of the molecule is CC(=O)[O-].CC(=O)[O-].CCCCc1ncc[nH]1.[Fe+2]. The van der Waals surface area contributed by atoms with E-state index in [-0.39, 0.29) is 17.1 Å². The zero-order valence-corrected chi connectivity index (χ0v) is 11.8. The monoisotopic (exact) mass is 298 g/mol. The first-order chi connectivity index (χ1) is 7.90. The molecule has 0 saturated carbocycles. The second kappa shape index (κ2) is 15.7. The Balaban J connectivity index is -0.000000214. The van der Waals surface area contributed by atoms with Crippen molar-refractivity contribution in [2.75, 3.05) is 0 Å². The molecule has 7 heteroatoms. The number of H-pyrrole nitrogens is 1. The average Bonchev–Trinajstić information content (AvgIpc) is 2.65. The number of nitrogens with one attached hydrogen (secondary N) is 1. The van der Waals surface area contributed by atoms with Crippen LogP contribution in [0.5, 0.6) is 0 Å². The fourth-order valence-corrected chi connectivity index (χ4v) is 0.779. The number of carbonyl (C=O) groups excluding carboxylic acids is 2. The molecule has 1 N–H and O–H groups in total. The predicted molar refractivity (Wildman–Crippen MR) is 58.6 cm³/mol. The van der Waals surface area contributed by atoms with Crippen molar-refractivity contribution in [2.45, 2.75) is 40.0 Å². The zero-order valence-electron chi connectivity index (χ0n) is 10.7. The summed E-state index contributed by atoms with van der Waals surface area (Å²) in [7, 11) is 0. The van der Waals surface area contributed by atoms with E-state index in [4.69, 9.17) is 19.8 Å². The maximum Gasteiger partial charge on any atom is 2.00 e. The van der Waals surface area contributed by atoms with Crippen molar-refractivity contribution >= 4 is 11.9 Å². The smallest absolute Gasteiger partial charge is 0.550 e. The van der Waals surface area contributed by atoms with Crippen LogP contribution in [0.4, 0.5) is 0 Å². The van der Waals surface area contributed by atoms with E-state index in [2.05, 4.69) is 16.9 Å². The van der Waals surface area contributed by atoms with Crippen LogP contribution in [-0.2, 0) is 33.1 Å². The second-order valence-corrected chi connectivity index (χ2v) is 3.12. The minimum Gasteiger partial charge on any atom is -0.550 e. The van der Waals surface area contributed by atoms with Gasteiger partial charge in [0, 0.05) is 30.8 Å². The molecule has 104 valence electrons. The number of carboxylic acids is 2. The summed E-state index contributed by atoms with van der Waals surface area (Å²) in [6.07, 6.45) is 7.22. The maximum absolute atomic E-state index is 8.89. The Labute approximate surface area is 117 Å². The van der Waals surface area contributed by atoms with Crippen LogP contribution >= 0.6 is 0 Å². The first-order valence-corrected chi connectivity index (χ1v) is 5.23. The molecule has 0 atom stereocenters. The Kier molecular flexibility index (Phi) is 19.1. The number of unbranched alkanes of at least 4 members (excludes halogenated alkanes) is 1. The van der Waals surface area contributed by atoms with Gasteiger partial charge in [0.25, 0.3) is 0 Å². The van der Waals surface area contributed by atoms with Crippen molar-refractivity contribution in [3.05, 3.63) is 18.2 Å². The van der Waals surface area contributed by atoms with Gasteiger partial charge in [-0.15, -0.1) is 0 Å². The topological polar surface area (TPSA) is 109 Å². The molecular formula is C11H18FeN2O4. The Morgan fingerprint density at radius 2 is 1.72 bits per heavy atom. The number of carbonyl (C=O) groups is 2. The molecule has 18 heavy (non-hydrogen) atoms. The van der Waals surface area contributed by atoms with Gasteiger partial charge in [-0.3, -0.25) is 0 Å². The molecule has 1 aromatic rings. The van der Waals surface area contributed by atoms with E-state index >= 15 is 0 Å². The third-order valence-electron chi connectivity index (χ3n) is 1.32. The van der Waals surface area contributed by atoms with E-state index in [0.29, 0.717) is 0 Å². The Bertz CT molecular complexity index is 282.